The molecule has 0 atom stereocenters. The van der Waals surface area contributed by atoms with Crippen LogP contribution in [0.1, 0.15) is 38.2 Å². The second-order valence-electron chi connectivity index (χ2n) is 4.55. The van der Waals surface area contributed by atoms with Crippen LogP contribution < -0.4 is 10.1 Å². The number of carbonyl (C=O) groups is 1. The van der Waals surface area contributed by atoms with Gasteiger partial charge in [-0.2, -0.15) is 0 Å². The summed E-state index contributed by atoms with van der Waals surface area (Å²) >= 11 is 0. The maximum absolute atomic E-state index is 13.2. The van der Waals surface area contributed by atoms with Crippen LogP contribution in [0, 0.1) is 5.82 Å². The first-order valence-electron chi connectivity index (χ1n) is 6.62. The summed E-state index contributed by atoms with van der Waals surface area (Å²) in [4.78, 5) is 11.5. The summed E-state index contributed by atoms with van der Waals surface area (Å²) in [5.41, 5.74) is 0.333. The third-order valence-electron chi connectivity index (χ3n) is 2.72. The van der Waals surface area contributed by atoms with E-state index in [-0.39, 0.29) is 12.5 Å². The molecule has 3 nitrogen and oxygen atoms in total. The van der Waals surface area contributed by atoms with Crippen LogP contribution in [-0.2, 0) is 11.3 Å². The average molecular weight is 307 g/mol. The molecule has 1 amide bonds. The molecule has 0 radical (unpaired) electrons. The fourth-order valence-corrected chi connectivity index (χ4v) is 1.69. The van der Waals surface area contributed by atoms with Crippen molar-refractivity contribution in [2.75, 3.05) is 0 Å². The van der Waals surface area contributed by atoms with E-state index in [2.05, 4.69) is 10.1 Å². The average Bonchev–Trinajstić information content (AvgIpc) is 2.38. The number of hydrogen-bond acceptors (Lipinski definition) is 2. The molecule has 0 heterocycles. The molecule has 7 heteroatoms. The molecule has 0 aliphatic carbocycles. The zero-order valence-electron chi connectivity index (χ0n) is 11.6. The third-order valence-corrected chi connectivity index (χ3v) is 2.72. The molecule has 0 bridgehead atoms. The highest BCUT2D eigenvalue weighted by Crippen LogP contribution is 2.26. The van der Waals surface area contributed by atoms with Crippen LogP contribution >= 0.6 is 0 Å². The van der Waals surface area contributed by atoms with Crippen LogP contribution in [0.3, 0.4) is 0 Å². The van der Waals surface area contributed by atoms with Gasteiger partial charge in [0.05, 0.1) is 0 Å². The van der Waals surface area contributed by atoms with Gasteiger partial charge in [0, 0.05) is 13.0 Å². The van der Waals surface area contributed by atoms with Gasteiger partial charge in [0.1, 0.15) is 0 Å². The number of benzene rings is 1. The van der Waals surface area contributed by atoms with Crippen LogP contribution in [0.25, 0.3) is 0 Å². The van der Waals surface area contributed by atoms with Gasteiger partial charge in [0.25, 0.3) is 0 Å². The predicted octanol–water partition coefficient (Wildman–Crippen LogP) is 3.92. The molecule has 0 spiro atoms. The summed E-state index contributed by atoms with van der Waals surface area (Å²) in [5.74, 6) is -2.20. The van der Waals surface area contributed by atoms with Crippen molar-refractivity contribution < 1.29 is 27.1 Å². The minimum atomic E-state index is -4.96. The summed E-state index contributed by atoms with van der Waals surface area (Å²) in [6.45, 7) is 2.04. The Balaban J connectivity index is 2.56. The van der Waals surface area contributed by atoms with E-state index in [1.165, 1.54) is 6.07 Å². The fourth-order valence-electron chi connectivity index (χ4n) is 1.69. The van der Waals surface area contributed by atoms with Crippen LogP contribution in [0.15, 0.2) is 18.2 Å². The summed E-state index contributed by atoms with van der Waals surface area (Å²) < 4.78 is 53.0. The normalized spacial score (nSPS) is 11.3. The zero-order valence-corrected chi connectivity index (χ0v) is 11.6. The summed E-state index contributed by atoms with van der Waals surface area (Å²) in [7, 11) is 0. The third kappa shape index (κ3) is 6.97. The number of nitrogens with one attached hydrogen (secondary N) is 1. The number of carbonyl (C=O) groups excluding carboxylic acids is 1. The van der Waals surface area contributed by atoms with Crippen molar-refractivity contribution in [3.8, 4) is 5.75 Å². The smallest absolute Gasteiger partial charge is 0.403 e. The molecule has 0 saturated carbocycles. The Morgan fingerprint density at radius 2 is 2.00 bits per heavy atom. The Morgan fingerprint density at radius 1 is 1.29 bits per heavy atom. The highest BCUT2D eigenvalue weighted by Gasteiger charge is 2.32. The van der Waals surface area contributed by atoms with E-state index >= 15 is 0 Å². The van der Waals surface area contributed by atoms with E-state index in [4.69, 9.17) is 0 Å². The lowest BCUT2D eigenvalue weighted by molar-refractivity contribution is -0.275. The van der Waals surface area contributed by atoms with Crippen LogP contribution in [0.5, 0.6) is 5.75 Å². The van der Waals surface area contributed by atoms with Crippen molar-refractivity contribution in [1.82, 2.24) is 5.32 Å². The number of hydrogen-bond donors (Lipinski definition) is 1. The number of ether oxygens (including phenoxy) is 1. The molecule has 1 aromatic rings. The van der Waals surface area contributed by atoms with Crippen LogP contribution in [0.2, 0.25) is 0 Å². The first-order chi connectivity index (χ1) is 9.81. The number of halogens is 4. The highest BCUT2D eigenvalue weighted by atomic mass is 19.4. The molecule has 0 fully saturated rings. The van der Waals surface area contributed by atoms with E-state index in [0.29, 0.717) is 12.0 Å². The Hall–Kier alpha value is -1.79. The molecule has 0 saturated heterocycles. The molecular formula is C14H17F4NO2. The van der Waals surface area contributed by atoms with E-state index in [0.717, 1.165) is 31.4 Å². The van der Waals surface area contributed by atoms with Gasteiger partial charge in [-0.1, -0.05) is 25.8 Å². The Morgan fingerprint density at radius 3 is 2.62 bits per heavy atom. The quantitative estimate of drug-likeness (QED) is 0.612. The Bertz CT molecular complexity index is 475. The first kappa shape index (κ1) is 17.3. The number of amides is 1. The number of unbranched alkanes of at least 4 members (excludes halogenated alkanes) is 2. The highest BCUT2D eigenvalue weighted by molar-refractivity contribution is 5.75. The van der Waals surface area contributed by atoms with Crippen molar-refractivity contribution in [2.24, 2.45) is 0 Å². The van der Waals surface area contributed by atoms with Gasteiger partial charge in [0.2, 0.25) is 5.91 Å². The predicted molar refractivity (Wildman–Crippen MR) is 69.1 cm³/mol. The van der Waals surface area contributed by atoms with Crippen LogP contribution in [-0.4, -0.2) is 12.3 Å². The van der Waals surface area contributed by atoms with Crippen molar-refractivity contribution in [3.05, 3.63) is 29.6 Å². The molecule has 0 aromatic heterocycles. The van der Waals surface area contributed by atoms with Crippen molar-refractivity contribution in [2.45, 2.75) is 45.5 Å². The summed E-state index contributed by atoms with van der Waals surface area (Å²) in [6.07, 6.45) is -1.91. The second-order valence-corrected chi connectivity index (χ2v) is 4.55. The maximum atomic E-state index is 13.2. The van der Waals surface area contributed by atoms with Gasteiger partial charge in [-0.05, 0) is 24.1 Å². The number of alkyl halides is 3. The van der Waals surface area contributed by atoms with Gasteiger partial charge in [-0.25, -0.2) is 4.39 Å². The molecule has 21 heavy (non-hydrogen) atoms. The molecule has 1 N–H and O–H groups in total. The SMILES string of the molecule is CCCCCC(=O)NCc1ccc(F)c(OC(F)(F)F)c1. The minimum absolute atomic E-state index is 0.0272. The van der Waals surface area contributed by atoms with Crippen molar-refractivity contribution >= 4 is 5.91 Å². The van der Waals surface area contributed by atoms with Gasteiger partial charge in [-0.15, -0.1) is 13.2 Å². The van der Waals surface area contributed by atoms with E-state index in [1.54, 1.807) is 0 Å². The second kappa shape index (κ2) is 7.85. The van der Waals surface area contributed by atoms with Crippen LogP contribution in [0.4, 0.5) is 17.6 Å². The van der Waals surface area contributed by atoms with Gasteiger partial charge >= 0.3 is 6.36 Å². The van der Waals surface area contributed by atoms with Gasteiger partial charge < -0.3 is 10.1 Å². The number of rotatable bonds is 7. The fraction of sp³-hybridized carbons (Fsp3) is 0.500. The first-order valence-corrected chi connectivity index (χ1v) is 6.62. The van der Waals surface area contributed by atoms with E-state index in [1.807, 2.05) is 6.92 Å². The molecule has 1 aromatic carbocycles. The molecule has 118 valence electrons. The van der Waals surface area contributed by atoms with E-state index in [9.17, 15) is 22.4 Å². The molecular weight excluding hydrogens is 290 g/mol. The summed E-state index contributed by atoms with van der Waals surface area (Å²) in [6, 6.07) is 3.10. The Kier molecular flexibility index (Phi) is 6.45. The van der Waals surface area contributed by atoms with Gasteiger partial charge in [0.15, 0.2) is 11.6 Å². The zero-order chi connectivity index (χ0) is 15.9. The minimum Gasteiger partial charge on any atom is -0.403 e. The molecule has 0 aliphatic heterocycles. The van der Waals surface area contributed by atoms with Crippen molar-refractivity contribution in [1.29, 1.82) is 0 Å². The molecule has 0 unspecified atom stereocenters. The lowest BCUT2D eigenvalue weighted by Gasteiger charge is -2.11. The van der Waals surface area contributed by atoms with Crippen molar-refractivity contribution in [3.63, 3.8) is 0 Å². The summed E-state index contributed by atoms with van der Waals surface area (Å²) in [5, 5.41) is 2.57. The standard InChI is InChI=1S/C14H17F4NO2/c1-2-3-4-5-13(20)19-9-10-6-7-11(15)12(8-10)21-14(16,17)18/h6-8H,2-5,9H2,1H3,(H,19,20). The maximum Gasteiger partial charge on any atom is 0.573 e. The topological polar surface area (TPSA) is 38.3 Å². The van der Waals surface area contributed by atoms with Gasteiger partial charge in [-0.3, -0.25) is 4.79 Å². The monoisotopic (exact) mass is 307 g/mol. The molecule has 1 rings (SSSR count). The Labute approximate surface area is 120 Å². The largest absolute Gasteiger partial charge is 0.573 e. The lowest BCUT2D eigenvalue weighted by atomic mass is 10.2. The van der Waals surface area contributed by atoms with E-state index < -0.39 is 17.9 Å². The lowest BCUT2D eigenvalue weighted by Crippen LogP contribution is -2.22. The molecule has 0 aliphatic rings.